The molecule has 1 aliphatic heterocycles. The van der Waals surface area contributed by atoms with E-state index in [4.69, 9.17) is 9.84 Å². The molecule has 1 heterocycles. The van der Waals surface area contributed by atoms with Crippen molar-refractivity contribution in [2.75, 3.05) is 26.2 Å². The van der Waals surface area contributed by atoms with Gasteiger partial charge in [0.1, 0.15) is 0 Å². The van der Waals surface area contributed by atoms with Crippen molar-refractivity contribution >= 4 is 5.97 Å². The summed E-state index contributed by atoms with van der Waals surface area (Å²) in [5, 5.41) is 8.50. The zero-order valence-corrected chi connectivity index (χ0v) is 8.03. The number of rotatable bonds is 4. The lowest BCUT2D eigenvalue weighted by molar-refractivity contribution is -0.138. The summed E-state index contributed by atoms with van der Waals surface area (Å²) in [4.78, 5) is 12.6. The summed E-state index contributed by atoms with van der Waals surface area (Å²) in [7, 11) is 0. The molecule has 0 spiro atoms. The van der Waals surface area contributed by atoms with Crippen LogP contribution in [0.5, 0.6) is 0 Å². The van der Waals surface area contributed by atoms with Gasteiger partial charge in [0.25, 0.3) is 0 Å². The van der Waals surface area contributed by atoms with E-state index in [0.717, 1.165) is 26.2 Å². The Bertz CT molecular complexity index is 172. The van der Waals surface area contributed by atoms with Gasteiger partial charge in [-0.25, -0.2) is 0 Å². The molecule has 76 valence electrons. The summed E-state index contributed by atoms with van der Waals surface area (Å²) >= 11 is 0. The number of morpholine rings is 1. The quantitative estimate of drug-likeness (QED) is 0.699. The van der Waals surface area contributed by atoms with E-state index < -0.39 is 5.97 Å². The second kappa shape index (κ2) is 5.19. The number of hydrogen-bond acceptors (Lipinski definition) is 3. The molecule has 0 aromatic carbocycles. The van der Waals surface area contributed by atoms with Gasteiger partial charge in [0, 0.05) is 19.5 Å². The van der Waals surface area contributed by atoms with Crippen LogP contribution in [0.15, 0.2) is 0 Å². The molecule has 1 saturated heterocycles. The minimum absolute atomic E-state index is 0.116. The number of likely N-dealkylation sites (N-methyl/N-ethyl adjacent to an activating group) is 1. The summed E-state index contributed by atoms with van der Waals surface area (Å²) in [5.41, 5.74) is 0. The summed E-state index contributed by atoms with van der Waals surface area (Å²) < 4.78 is 5.46. The lowest BCUT2D eigenvalue weighted by Crippen LogP contribution is -2.42. The SMILES string of the molecule is CCN1CCOC(CCC(=O)O)C1. The fraction of sp³-hybridized carbons (Fsp3) is 0.889. The van der Waals surface area contributed by atoms with Crippen LogP contribution in [0.2, 0.25) is 0 Å². The van der Waals surface area contributed by atoms with Crippen molar-refractivity contribution in [3.8, 4) is 0 Å². The van der Waals surface area contributed by atoms with E-state index in [2.05, 4.69) is 11.8 Å². The van der Waals surface area contributed by atoms with Crippen LogP contribution in [0.4, 0.5) is 0 Å². The first-order valence-electron chi connectivity index (χ1n) is 4.78. The van der Waals surface area contributed by atoms with Crippen LogP contribution in [0.3, 0.4) is 0 Å². The maximum absolute atomic E-state index is 10.3. The van der Waals surface area contributed by atoms with Gasteiger partial charge in [-0.2, -0.15) is 0 Å². The van der Waals surface area contributed by atoms with Gasteiger partial charge < -0.3 is 9.84 Å². The fourth-order valence-corrected chi connectivity index (χ4v) is 1.53. The minimum atomic E-state index is -0.739. The Labute approximate surface area is 78.5 Å². The Morgan fingerprint density at radius 2 is 2.46 bits per heavy atom. The van der Waals surface area contributed by atoms with Gasteiger partial charge in [-0.3, -0.25) is 9.69 Å². The lowest BCUT2D eigenvalue weighted by Gasteiger charge is -2.31. The molecule has 4 heteroatoms. The fourth-order valence-electron chi connectivity index (χ4n) is 1.53. The molecule has 0 aliphatic carbocycles. The number of ether oxygens (including phenoxy) is 1. The highest BCUT2D eigenvalue weighted by Gasteiger charge is 2.19. The number of carbonyl (C=O) groups is 1. The highest BCUT2D eigenvalue weighted by atomic mass is 16.5. The van der Waals surface area contributed by atoms with Crippen LogP contribution >= 0.6 is 0 Å². The molecule has 0 amide bonds. The Kier molecular flexibility index (Phi) is 4.18. The Morgan fingerprint density at radius 1 is 1.69 bits per heavy atom. The summed E-state index contributed by atoms with van der Waals surface area (Å²) in [6, 6.07) is 0. The molecule has 0 aromatic heterocycles. The molecule has 13 heavy (non-hydrogen) atoms. The van der Waals surface area contributed by atoms with Gasteiger partial charge in [0.05, 0.1) is 12.7 Å². The molecule has 1 N–H and O–H groups in total. The van der Waals surface area contributed by atoms with Crippen LogP contribution in [-0.4, -0.2) is 48.3 Å². The average molecular weight is 187 g/mol. The first-order valence-corrected chi connectivity index (χ1v) is 4.78. The number of aliphatic carboxylic acids is 1. The van der Waals surface area contributed by atoms with E-state index >= 15 is 0 Å². The van der Waals surface area contributed by atoms with Gasteiger partial charge in [-0.1, -0.05) is 6.92 Å². The highest BCUT2D eigenvalue weighted by molar-refractivity contribution is 5.66. The van der Waals surface area contributed by atoms with Crippen molar-refractivity contribution in [2.24, 2.45) is 0 Å². The number of nitrogens with zero attached hydrogens (tertiary/aromatic N) is 1. The molecule has 1 rings (SSSR count). The Balaban J connectivity index is 2.21. The molecule has 0 saturated carbocycles. The smallest absolute Gasteiger partial charge is 0.303 e. The third-order valence-electron chi connectivity index (χ3n) is 2.35. The molecule has 1 aliphatic rings. The van der Waals surface area contributed by atoms with Gasteiger partial charge in [-0.15, -0.1) is 0 Å². The summed E-state index contributed by atoms with van der Waals surface area (Å²) in [6.45, 7) is 5.72. The monoisotopic (exact) mass is 187 g/mol. The van der Waals surface area contributed by atoms with Gasteiger partial charge in [-0.05, 0) is 13.0 Å². The predicted molar refractivity (Wildman–Crippen MR) is 48.7 cm³/mol. The van der Waals surface area contributed by atoms with Crippen LogP contribution in [0.25, 0.3) is 0 Å². The summed E-state index contributed by atoms with van der Waals surface area (Å²) in [6.07, 6.45) is 0.957. The lowest BCUT2D eigenvalue weighted by atomic mass is 10.1. The molecule has 1 unspecified atom stereocenters. The highest BCUT2D eigenvalue weighted by Crippen LogP contribution is 2.09. The molecular weight excluding hydrogens is 170 g/mol. The standard InChI is InChI=1S/C9H17NO3/c1-2-10-5-6-13-8(7-10)3-4-9(11)12/h8H,2-7H2,1H3,(H,11,12). The third kappa shape index (κ3) is 3.74. The maximum atomic E-state index is 10.3. The largest absolute Gasteiger partial charge is 0.481 e. The molecule has 0 radical (unpaired) electrons. The van der Waals surface area contributed by atoms with Gasteiger partial charge in [0.2, 0.25) is 0 Å². The van der Waals surface area contributed by atoms with Gasteiger partial charge in [0.15, 0.2) is 0 Å². The predicted octanol–water partition coefficient (Wildman–Crippen LogP) is 0.572. The van der Waals surface area contributed by atoms with Crippen LogP contribution < -0.4 is 0 Å². The molecule has 4 nitrogen and oxygen atoms in total. The van der Waals surface area contributed by atoms with Crippen molar-refractivity contribution in [3.63, 3.8) is 0 Å². The van der Waals surface area contributed by atoms with Crippen molar-refractivity contribution in [1.82, 2.24) is 4.90 Å². The average Bonchev–Trinajstić information content (AvgIpc) is 2.15. The van der Waals surface area contributed by atoms with Crippen LogP contribution in [0, 0.1) is 0 Å². The normalized spacial score (nSPS) is 24.5. The minimum Gasteiger partial charge on any atom is -0.481 e. The van der Waals surface area contributed by atoms with Gasteiger partial charge >= 0.3 is 5.97 Å². The van der Waals surface area contributed by atoms with E-state index in [0.29, 0.717) is 6.42 Å². The van der Waals surface area contributed by atoms with Crippen molar-refractivity contribution < 1.29 is 14.6 Å². The number of hydrogen-bond donors (Lipinski definition) is 1. The molecule has 1 atom stereocenters. The maximum Gasteiger partial charge on any atom is 0.303 e. The topological polar surface area (TPSA) is 49.8 Å². The second-order valence-electron chi connectivity index (χ2n) is 3.32. The number of carboxylic acid groups (broad SMARTS) is 1. The first kappa shape index (κ1) is 10.5. The van der Waals surface area contributed by atoms with Crippen LogP contribution in [0.1, 0.15) is 19.8 Å². The molecule has 0 bridgehead atoms. The summed E-state index contributed by atoms with van der Waals surface area (Å²) in [5.74, 6) is -0.739. The van der Waals surface area contributed by atoms with Crippen LogP contribution in [-0.2, 0) is 9.53 Å². The first-order chi connectivity index (χ1) is 6.22. The van der Waals surface area contributed by atoms with E-state index in [-0.39, 0.29) is 12.5 Å². The molecule has 1 fully saturated rings. The third-order valence-corrected chi connectivity index (χ3v) is 2.35. The van der Waals surface area contributed by atoms with E-state index in [1.54, 1.807) is 0 Å². The Morgan fingerprint density at radius 3 is 3.08 bits per heavy atom. The van der Waals surface area contributed by atoms with Crippen molar-refractivity contribution in [1.29, 1.82) is 0 Å². The van der Waals surface area contributed by atoms with E-state index in [1.165, 1.54) is 0 Å². The molecule has 0 aromatic rings. The molecular formula is C9H17NO3. The zero-order chi connectivity index (χ0) is 9.68. The van der Waals surface area contributed by atoms with E-state index in [1.807, 2.05) is 0 Å². The van der Waals surface area contributed by atoms with Crippen molar-refractivity contribution in [3.05, 3.63) is 0 Å². The van der Waals surface area contributed by atoms with E-state index in [9.17, 15) is 4.79 Å². The second-order valence-corrected chi connectivity index (χ2v) is 3.32. The Hall–Kier alpha value is -0.610. The number of carboxylic acids is 1. The van der Waals surface area contributed by atoms with Crippen molar-refractivity contribution in [2.45, 2.75) is 25.9 Å². The zero-order valence-electron chi connectivity index (χ0n) is 8.03.